The third-order valence-electron chi connectivity index (χ3n) is 8.19. The quantitative estimate of drug-likeness (QED) is 0.223. The van der Waals surface area contributed by atoms with E-state index in [1.165, 1.54) is 33.4 Å². The van der Waals surface area contributed by atoms with Crippen molar-refractivity contribution < 1.29 is 5.11 Å². The standard InChI is InChI=1S/C37H52O/c1-34(2,3)28-14-20-31(21-15-28)37(26-12-10-11-13-27-38,32-22-16-29(17-23-32)35(4,5)6)33-24-18-30(19-25-33)36(7,8)9/h14-25,38H,10-13,26-27H2,1-9H3. The van der Waals surface area contributed by atoms with Crippen LogP contribution in [-0.2, 0) is 21.7 Å². The molecular formula is C37H52O. The summed E-state index contributed by atoms with van der Waals surface area (Å²) in [4.78, 5) is 0. The minimum absolute atomic E-state index is 0.119. The van der Waals surface area contributed by atoms with Crippen LogP contribution >= 0.6 is 0 Å². The van der Waals surface area contributed by atoms with Crippen LogP contribution in [0.15, 0.2) is 72.8 Å². The zero-order valence-corrected chi connectivity index (χ0v) is 25.6. The van der Waals surface area contributed by atoms with Gasteiger partial charge >= 0.3 is 0 Å². The van der Waals surface area contributed by atoms with Crippen LogP contribution < -0.4 is 0 Å². The van der Waals surface area contributed by atoms with E-state index >= 15 is 0 Å². The maximum Gasteiger partial charge on any atom is 0.0451 e. The van der Waals surface area contributed by atoms with Crippen molar-refractivity contribution in [2.45, 2.75) is 116 Å². The molecule has 38 heavy (non-hydrogen) atoms. The molecule has 0 spiro atoms. The van der Waals surface area contributed by atoms with Crippen LogP contribution in [0.4, 0.5) is 0 Å². The number of rotatable bonds is 9. The molecule has 0 bridgehead atoms. The third-order valence-corrected chi connectivity index (χ3v) is 8.19. The molecule has 0 radical (unpaired) electrons. The lowest BCUT2D eigenvalue weighted by molar-refractivity contribution is 0.282. The molecule has 0 aliphatic heterocycles. The van der Waals surface area contributed by atoms with Crippen LogP contribution in [0.1, 0.15) is 128 Å². The predicted molar refractivity (Wildman–Crippen MR) is 165 cm³/mol. The van der Waals surface area contributed by atoms with Crippen molar-refractivity contribution >= 4 is 0 Å². The Morgan fingerprint density at radius 2 is 0.658 bits per heavy atom. The van der Waals surface area contributed by atoms with Crippen molar-refractivity contribution in [3.8, 4) is 0 Å². The Labute approximate surface area is 233 Å². The van der Waals surface area contributed by atoms with Gasteiger partial charge in [-0.25, -0.2) is 0 Å². The van der Waals surface area contributed by atoms with Gasteiger partial charge in [0.1, 0.15) is 0 Å². The molecule has 3 rings (SSSR count). The summed E-state index contributed by atoms with van der Waals surface area (Å²) in [7, 11) is 0. The van der Waals surface area contributed by atoms with Crippen molar-refractivity contribution in [3.05, 3.63) is 106 Å². The molecule has 0 aliphatic carbocycles. The highest BCUT2D eigenvalue weighted by molar-refractivity contribution is 5.52. The van der Waals surface area contributed by atoms with Crippen LogP contribution in [0.2, 0.25) is 0 Å². The number of aliphatic hydroxyl groups is 1. The summed E-state index contributed by atoms with van der Waals surface area (Å²) >= 11 is 0. The molecule has 0 fully saturated rings. The summed E-state index contributed by atoms with van der Waals surface area (Å²) in [6, 6.07) is 28.3. The molecule has 0 atom stereocenters. The van der Waals surface area contributed by atoms with E-state index in [2.05, 4.69) is 135 Å². The lowest BCUT2D eigenvalue weighted by Crippen LogP contribution is -2.30. The summed E-state index contributed by atoms with van der Waals surface area (Å²) in [5.74, 6) is 0. The van der Waals surface area contributed by atoms with E-state index < -0.39 is 0 Å². The highest BCUT2D eigenvalue weighted by Gasteiger charge is 2.36. The van der Waals surface area contributed by atoms with Crippen LogP contribution in [0.25, 0.3) is 0 Å². The summed E-state index contributed by atoms with van der Waals surface area (Å²) in [5, 5.41) is 9.33. The van der Waals surface area contributed by atoms with Crippen molar-refractivity contribution in [2.24, 2.45) is 0 Å². The van der Waals surface area contributed by atoms with E-state index in [0.29, 0.717) is 0 Å². The first-order valence-electron chi connectivity index (χ1n) is 14.6. The van der Waals surface area contributed by atoms with Crippen LogP contribution in [-0.4, -0.2) is 11.7 Å². The number of hydrogen-bond donors (Lipinski definition) is 1. The van der Waals surface area contributed by atoms with Crippen LogP contribution in [0, 0.1) is 0 Å². The predicted octanol–water partition coefficient (Wildman–Crippen LogP) is 9.86. The maximum atomic E-state index is 9.33. The maximum absolute atomic E-state index is 9.33. The van der Waals surface area contributed by atoms with E-state index in [1.807, 2.05) is 0 Å². The van der Waals surface area contributed by atoms with Crippen molar-refractivity contribution in [3.63, 3.8) is 0 Å². The van der Waals surface area contributed by atoms with Gasteiger partial charge in [-0.05, 0) is 62.5 Å². The Hall–Kier alpha value is -2.38. The fraction of sp³-hybridized carbons (Fsp3) is 0.514. The van der Waals surface area contributed by atoms with Crippen LogP contribution in [0.5, 0.6) is 0 Å². The normalized spacial score (nSPS) is 13.1. The van der Waals surface area contributed by atoms with E-state index in [4.69, 9.17) is 0 Å². The molecule has 0 aliphatic rings. The molecule has 0 heterocycles. The average molecular weight is 513 g/mol. The molecule has 206 valence electrons. The highest BCUT2D eigenvalue weighted by atomic mass is 16.2. The molecule has 3 aromatic rings. The van der Waals surface area contributed by atoms with Gasteiger partial charge in [0.05, 0.1) is 0 Å². The van der Waals surface area contributed by atoms with Crippen molar-refractivity contribution in [1.29, 1.82) is 0 Å². The highest BCUT2D eigenvalue weighted by Crippen LogP contribution is 2.45. The Kier molecular flexibility index (Phi) is 9.36. The Bertz CT molecular complexity index is 989. The number of unbranched alkanes of at least 4 members (excludes halogenated alkanes) is 3. The Morgan fingerprint density at radius 3 is 0.921 bits per heavy atom. The van der Waals surface area contributed by atoms with Gasteiger partial charge in [-0.1, -0.05) is 154 Å². The second kappa shape index (κ2) is 11.8. The summed E-state index contributed by atoms with van der Waals surface area (Å²) in [6.07, 6.45) is 5.23. The second-order valence-corrected chi connectivity index (χ2v) is 14.3. The van der Waals surface area contributed by atoms with E-state index in [1.54, 1.807) is 0 Å². The molecule has 1 heteroatoms. The van der Waals surface area contributed by atoms with Crippen LogP contribution in [0.3, 0.4) is 0 Å². The fourth-order valence-corrected chi connectivity index (χ4v) is 5.55. The summed E-state index contributed by atoms with van der Waals surface area (Å²) < 4.78 is 0. The van der Waals surface area contributed by atoms with Gasteiger partial charge in [0, 0.05) is 12.0 Å². The number of aliphatic hydroxyl groups excluding tert-OH is 1. The number of benzene rings is 3. The molecule has 0 amide bonds. The molecule has 0 saturated heterocycles. The van der Waals surface area contributed by atoms with E-state index in [9.17, 15) is 5.11 Å². The fourth-order valence-electron chi connectivity index (χ4n) is 5.55. The Morgan fingerprint density at radius 1 is 0.395 bits per heavy atom. The van der Waals surface area contributed by atoms with Gasteiger partial charge in [-0.2, -0.15) is 0 Å². The topological polar surface area (TPSA) is 20.2 Å². The molecule has 1 N–H and O–H groups in total. The first-order chi connectivity index (χ1) is 17.7. The molecule has 1 nitrogen and oxygen atoms in total. The molecule has 0 aromatic heterocycles. The minimum atomic E-state index is -0.234. The van der Waals surface area contributed by atoms with Gasteiger partial charge < -0.3 is 5.11 Å². The minimum Gasteiger partial charge on any atom is -0.396 e. The van der Waals surface area contributed by atoms with Gasteiger partial charge in [-0.15, -0.1) is 0 Å². The summed E-state index contributed by atoms with van der Waals surface area (Å²) in [5.41, 5.74) is 8.30. The average Bonchev–Trinajstić information content (AvgIpc) is 2.85. The molecule has 0 saturated carbocycles. The molecule has 0 unspecified atom stereocenters. The van der Waals surface area contributed by atoms with Gasteiger partial charge in [0.25, 0.3) is 0 Å². The molecular weight excluding hydrogens is 460 g/mol. The van der Waals surface area contributed by atoms with Gasteiger partial charge in [0.15, 0.2) is 0 Å². The van der Waals surface area contributed by atoms with E-state index in [0.717, 1.165) is 32.1 Å². The first-order valence-corrected chi connectivity index (χ1v) is 14.6. The molecule has 3 aromatic carbocycles. The lowest BCUT2D eigenvalue weighted by atomic mass is 9.65. The van der Waals surface area contributed by atoms with Crippen molar-refractivity contribution in [2.75, 3.05) is 6.61 Å². The zero-order valence-electron chi connectivity index (χ0n) is 25.6. The second-order valence-electron chi connectivity index (χ2n) is 14.3. The lowest BCUT2D eigenvalue weighted by Gasteiger charge is -2.37. The third kappa shape index (κ3) is 6.97. The number of hydrogen-bond acceptors (Lipinski definition) is 1. The van der Waals surface area contributed by atoms with Gasteiger partial charge in [0.2, 0.25) is 0 Å². The first kappa shape index (κ1) is 30.2. The monoisotopic (exact) mass is 512 g/mol. The smallest absolute Gasteiger partial charge is 0.0451 e. The van der Waals surface area contributed by atoms with Gasteiger partial charge in [-0.3, -0.25) is 0 Å². The summed E-state index contributed by atoms with van der Waals surface area (Å²) in [6.45, 7) is 20.8. The largest absolute Gasteiger partial charge is 0.396 e. The SMILES string of the molecule is CC(C)(C)c1ccc(C(CCCCCCO)(c2ccc(C(C)(C)C)cc2)c2ccc(C(C)(C)C)cc2)cc1. The Balaban J connectivity index is 2.23. The van der Waals surface area contributed by atoms with E-state index in [-0.39, 0.29) is 28.3 Å². The van der Waals surface area contributed by atoms with Crippen molar-refractivity contribution in [1.82, 2.24) is 0 Å². The zero-order chi connectivity index (χ0) is 28.2.